The summed E-state index contributed by atoms with van der Waals surface area (Å²) >= 11 is 0. The topological polar surface area (TPSA) is 139 Å². The number of aromatic nitrogens is 4. The second kappa shape index (κ2) is 14.5. The van der Waals surface area contributed by atoms with Crippen molar-refractivity contribution in [1.29, 1.82) is 0 Å². The molecule has 0 aliphatic heterocycles. The molecule has 2 aromatic heterocycles. The van der Waals surface area contributed by atoms with Crippen LogP contribution >= 0.6 is 0 Å². The lowest BCUT2D eigenvalue weighted by molar-refractivity contribution is 0.0592. The van der Waals surface area contributed by atoms with Gasteiger partial charge in [0.2, 0.25) is 0 Å². The summed E-state index contributed by atoms with van der Waals surface area (Å²) in [6.07, 6.45) is 9.28. The number of carboxylic acids is 1. The summed E-state index contributed by atoms with van der Waals surface area (Å²) in [6, 6.07) is 36.6. The van der Waals surface area contributed by atoms with Crippen LogP contribution in [-0.2, 0) is 28.4 Å². The van der Waals surface area contributed by atoms with Crippen molar-refractivity contribution in [2.45, 2.75) is 23.7 Å². The summed E-state index contributed by atoms with van der Waals surface area (Å²) in [6.45, 7) is 0. The van der Waals surface area contributed by atoms with Crippen LogP contribution in [0.5, 0.6) is 11.5 Å². The molecule has 6 aromatic rings. The average Bonchev–Trinajstić information content (AvgIpc) is 3.85. The van der Waals surface area contributed by atoms with E-state index in [1.54, 1.807) is 14.2 Å². The molecule has 3 N–H and O–H groups in total. The van der Waals surface area contributed by atoms with E-state index in [1.165, 1.54) is 7.11 Å². The van der Waals surface area contributed by atoms with Crippen molar-refractivity contribution >= 4 is 24.1 Å². The number of benzene rings is 4. The number of allylic oxidation sites excluding steroid dienone is 2. The Labute approximate surface area is 306 Å². The maximum atomic E-state index is 12.0. The minimum absolute atomic E-state index is 0.0588. The van der Waals surface area contributed by atoms with Gasteiger partial charge in [-0.3, -0.25) is 10.2 Å². The molecule has 0 amide bonds. The van der Waals surface area contributed by atoms with Crippen LogP contribution in [0.2, 0.25) is 0 Å². The molecule has 2 aliphatic rings. The van der Waals surface area contributed by atoms with E-state index in [0.29, 0.717) is 24.1 Å². The highest BCUT2D eigenvalue weighted by Crippen LogP contribution is 2.44. The minimum atomic E-state index is -1.03. The van der Waals surface area contributed by atoms with E-state index >= 15 is 0 Å². The first-order valence-corrected chi connectivity index (χ1v) is 17.1. The fraction of sp³-hybridized carbons (Fsp3) is 0.163. The van der Waals surface area contributed by atoms with Crippen LogP contribution in [0.4, 0.5) is 0 Å². The van der Waals surface area contributed by atoms with E-state index in [9.17, 15) is 14.7 Å². The molecule has 10 heteroatoms. The molecule has 0 saturated heterocycles. The number of fused-ring (bicyclic) bond motifs is 2. The molecule has 53 heavy (non-hydrogen) atoms. The maximum Gasteiger partial charge on any atom is 0.359 e. The molecule has 2 atom stereocenters. The average molecular weight is 707 g/mol. The second-order valence-corrected chi connectivity index (χ2v) is 12.9. The molecule has 4 aromatic carbocycles. The Kier molecular flexibility index (Phi) is 9.52. The van der Waals surface area contributed by atoms with E-state index in [4.69, 9.17) is 14.2 Å². The van der Waals surface area contributed by atoms with Crippen LogP contribution in [0.1, 0.15) is 65.7 Å². The first kappa shape index (κ1) is 34.8. The Morgan fingerprint density at radius 1 is 0.604 bits per heavy atom. The Bertz CT molecular complexity index is 2330. The SMILES string of the molecule is COC(=O)c1n[nH]c2c1C=CC(c1ccccc1)(c1cccc(OC)c1)C2.COc1cccc(C2(c3ccccc3)C=Cc3c(C(=O)O)n[nH]c3C2)c1. The monoisotopic (exact) mass is 706 g/mol. The zero-order chi connectivity index (χ0) is 37.0. The molecule has 0 saturated carbocycles. The van der Waals surface area contributed by atoms with E-state index < -0.39 is 17.4 Å². The lowest BCUT2D eigenvalue weighted by Crippen LogP contribution is -2.30. The van der Waals surface area contributed by atoms with E-state index in [-0.39, 0.29) is 11.1 Å². The highest BCUT2D eigenvalue weighted by atomic mass is 16.5. The van der Waals surface area contributed by atoms with Gasteiger partial charge in [-0.25, -0.2) is 9.59 Å². The smallest absolute Gasteiger partial charge is 0.359 e. The van der Waals surface area contributed by atoms with Gasteiger partial charge < -0.3 is 19.3 Å². The van der Waals surface area contributed by atoms with Gasteiger partial charge in [-0.2, -0.15) is 10.2 Å². The Morgan fingerprint density at radius 2 is 1.04 bits per heavy atom. The van der Waals surface area contributed by atoms with Crippen LogP contribution < -0.4 is 9.47 Å². The number of nitrogens with one attached hydrogen (secondary N) is 2. The van der Waals surface area contributed by atoms with Gasteiger partial charge in [-0.1, -0.05) is 109 Å². The van der Waals surface area contributed by atoms with Gasteiger partial charge in [-0.15, -0.1) is 0 Å². The lowest BCUT2D eigenvalue weighted by atomic mass is 9.68. The number of aromatic carboxylic acids is 1. The van der Waals surface area contributed by atoms with Crippen LogP contribution in [0.3, 0.4) is 0 Å². The van der Waals surface area contributed by atoms with E-state index in [0.717, 1.165) is 50.7 Å². The molecular formula is C43H38N4O6. The van der Waals surface area contributed by atoms with Gasteiger partial charge in [0, 0.05) is 46.2 Å². The molecule has 2 aliphatic carbocycles. The Balaban J connectivity index is 0.000000164. The van der Waals surface area contributed by atoms with Crippen LogP contribution in [0.25, 0.3) is 12.2 Å². The zero-order valence-corrected chi connectivity index (χ0v) is 29.5. The molecule has 2 unspecified atom stereocenters. The molecule has 8 rings (SSSR count). The van der Waals surface area contributed by atoms with Crippen LogP contribution in [-0.4, -0.2) is 58.8 Å². The zero-order valence-electron chi connectivity index (χ0n) is 29.5. The number of aromatic amines is 2. The molecule has 10 nitrogen and oxygen atoms in total. The number of hydrogen-bond acceptors (Lipinski definition) is 7. The molecule has 0 fully saturated rings. The highest BCUT2D eigenvalue weighted by molar-refractivity contribution is 5.92. The summed E-state index contributed by atoms with van der Waals surface area (Å²) < 4.78 is 15.7. The van der Waals surface area contributed by atoms with E-state index in [2.05, 4.69) is 75.0 Å². The van der Waals surface area contributed by atoms with Crippen molar-refractivity contribution < 1.29 is 28.9 Å². The summed E-state index contributed by atoms with van der Waals surface area (Å²) in [5, 5.41) is 23.4. The quantitative estimate of drug-likeness (QED) is 0.139. The van der Waals surface area contributed by atoms with Gasteiger partial charge >= 0.3 is 11.9 Å². The Morgan fingerprint density at radius 3 is 1.47 bits per heavy atom. The predicted molar refractivity (Wildman–Crippen MR) is 201 cm³/mol. The van der Waals surface area contributed by atoms with Crippen LogP contribution in [0.15, 0.2) is 121 Å². The number of nitrogens with zero attached hydrogens (tertiary/aromatic N) is 2. The molecule has 2 heterocycles. The van der Waals surface area contributed by atoms with Crippen molar-refractivity contribution in [1.82, 2.24) is 20.4 Å². The first-order chi connectivity index (χ1) is 25.8. The highest BCUT2D eigenvalue weighted by Gasteiger charge is 2.39. The van der Waals surface area contributed by atoms with Crippen molar-refractivity contribution in [2.75, 3.05) is 21.3 Å². The maximum absolute atomic E-state index is 12.0. The number of carbonyl (C=O) groups excluding carboxylic acids is 1. The summed E-state index contributed by atoms with van der Waals surface area (Å²) in [7, 11) is 4.68. The summed E-state index contributed by atoms with van der Waals surface area (Å²) in [5.74, 6) is 0.126. The van der Waals surface area contributed by atoms with Gasteiger partial charge in [0.25, 0.3) is 0 Å². The second-order valence-electron chi connectivity index (χ2n) is 12.9. The molecule has 0 spiro atoms. The molecule has 266 valence electrons. The largest absolute Gasteiger partial charge is 0.497 e. The number of hydrogen-bond donors (Lipinski definition) is 3. The van der Waals surface area contributed by atoms with Gasteiger partial charge in [0.05, 0.1) is 21.3 Å². The number of rotatable bonds is 8. The number of ether oxygens (including phenoxy) is 3. The predicted octanol–water partition coefficient (Wildman–Crippen LogP) is 7.43. The molecule has 0 bridgehead atoms. The fourth-order valence-corrected chi connectivity index (χ4v) is 7.34. The summed E-state index contributed by atoms with van der Waals surface area (Å²) in [5.41, 5.74) is 7.20. The third-order valence-corrected chi connectivity index (χ3v) is 10.1. The normalized spacial score (nSPS) is 18.2. The molecular weight excluding hydrogens is 668 g/mol. The number of carbonyl (C=O) groups is 2. The molecule has 0 radical (unpaired) electrons. The first-order valence-electron chi connectivity index (χ1n) is 17.1. The van der Waals surface area contributed by atoms with Crippen molar-refractivity contribution in [2.24, 2.45) is 0 Å². The van der Waals surface area contributed by atoms with Gasteiger partial charge in [0.1, 0.15) is 11.5 Å². The third kappa shape index (κ3) is 6.40. The number of carboxylic acid groups (broad SMARTS) is 1. The number of esters is 1. The van der Waals surface area contributed by atoms with E-state index in [1.807, 2.05) is 78.9 Å². The number of methoxy groups -OCH3 is 3. The number of H-pyrrole nitrogens is 2. The minimum Gasteiger partial charge on any atom is -0.497 e. The van der Waals surface area contributed by atoms with Gasteiger partial charge in [0.15, 0.2) is 11.4 Å². The summed E-state index contributed by atoms with van der Waals surface area (Å²) in [4.78, 5) is 23.4. The van der Waals surface area contributed by atoms with Crippen LogP contribution in [0, 0.1) is 0 Å². The van der Waals surface area contributed by atoms with Gasteiger partial charge in [-0.05, 0) is 46.5 Å². The van der Waals surface area contributed by atoms with Crippen molar-refractivity contribution in [3.05, 3.63) is 178 Å². The standard InChI is InChI=1S/C22H20N2O3.C21H18N2O3/c1-26-17-10-6-9-16(13-17)22(15-7-4-3-5-8-15)12-11-18-19(14-22)23-24-20(18)21(25)27-2;1-26-16-9-5-8-15(12-16)21(14-6-3-2-4-7-14)11-10-17-18(13-21)22-23-19(17)20(24)25/h3-13H,14H2,1-2H3,(H,23,24);2-12H,13H2,1H3,(H,22,23)(H,24,25). The Hall–Kier alpha value is -6.68. The fourth-order valence-electron chi connectivity index (χ4n) is 7.34. The third-order valence-electron chi connectivity index (χ3n) is 10.1. The van der Waals surface area contributed by atoms with Crippen molar-refractivity contribution in [3.63, 3.8) is 0 Å². The lowest BCUT2D eigenvalue weighted by Gasteiger charge is -2.34. The van der Waals surface area contributed by atoms with Crippen molar-refractivity contribution in [3.8, 4) is 11.5 Å².